The second-order valence-corrected chi connectivity index (χ2v) is 8.54. The number of aryl methyl sites for hydroxylation is 1. The fourth-order valence-corrected chi connectivity index (χ4v) is 3.78. The van der Waals surface area contributed by atoms with E-state index in [0.717, 1.165) is 34.1 Å². The highest BCUT2D eigenvalue weighted by molar-refractivity contribution is 7.14. The van der Waals surface area contributed by atoms with Crippen molar-refractivity contribution in [2.75, 3.05) is 25.1 Å². The quantitative estimate of drug-likeness (QED) is 0.438. The van der Waals surface area contributed by atoms with E-state index in [9.17, 15) is 0 Å². The van der Waals surface area contributed by atoms with Crippen LogP contribution in [-0.2, 0) is 6.54 Å². The van der Waals surface area contributed by atoms with Crippen molar-refractivity contribution in [2.24, 2.45) is 0 Å². The van der Waals surface area contributed by atoms with Gasteiger partial charge in [-0.15, -0.1) is 11.3 Å². The minimum Gasteiger partial charge on any atom is -0.384 e. The van der Waals surface area contributed by atoms with Crippen LogP contribution in [0.3, 0.4) is 0 Å². The van der Waals surface area contributed by atoms with E-state index in [4.69, 9.17) is 5.73 Å². The highest BCUT2D eigenvalue weighted by Crippen LogP contribution is 2.27. The minimum atomic E-state index is 0.423. The molecular weight excluding hydrogens is 416 g/mol. The number of nitrogens with two attached hydrogens (primary N) is 1. The van der Waals surface area contributed by atoms with Gasteiger partial charge in [0, 0.05) is 34.9 Å². The summed E-state index contributed by atoms with van der Waals surface area (Å²) < 4.78 is 0. The Morgan fingerprint density at radius 1 is 1.00 bits per heavy atom. The van der Waals surface area contributed by atoms with Crippen molar-refractivity contribution < 1.29 is 0 Å². The predicted molar refractivity (Wildman–Crippen MR) is 132 cm³/mol. The molecule has 7 heteroatoms. The van der Waals surface area contributed by atoms with E-state index in [0.29, 0.717) is 17.3 Å². The molecule has 2 aromatic heterocycles. The lowest BCUT2D eigenvalue weighted by atomic mass is 10.1. The van der Waals surface area contributed by atoms with Gasteiger partial charge < -0.3 is 16.0 Å². The Labute approximate surface area is 192 Å². The molecule has 3 N–H and O–H groups in total. The molecule has 2 heterocycles. The van der Waals surface area contributed by atoms with Crippen LogP contribution in [0.15, 0.2) is 60.1 Å². The van der Waals surface area contributed by atoms with E-state index in [1.807, 2.05) is 17.5 Å². The molecule has 32 heavy (non-hydrogen) atoms. The maximum atomic E-state index is 5.75. The highest BCUT2D eigenvalue weighted by atomic mass is 32.1. The summed E-state index contributed by atoms with van der Waals surface area (Å²) in [7, 11) is 4.13. The predicted octanol–water partition coefficient (Wildman–Crippen LogP) is 4.70. The number of hydrogen-bond donors (Lipinski definition) is 2. The molecule has 0 bridgehead atoms. The van der Waals surface area contributed by atoms with Crippen LogP contribution in [0.1, 0.15) is 22.3 Å². The molecule has 0 saturated heterocycles. The number of hydrogen-bond acceptors (Lipinski definition) is 7. The fourth-order valence-electron chi connectivity index (χ4n) is 3.08. The van der Waals surface area contributed by atoms with Crippen molar-refractivity contribution in [1.82, 2.24) is 19.9 Å². The van der Waals surface area contributed by atoms with Crippen molar-refractivity contribution in [3.8, 4) is 23.4 Å². The van der Waals surface area contributed by atoms with Crippen molar-refractivity contribution in [2.45, 2.75) is 13.5 Å². The van der Waals surface area contributed by atoms with Crippen LogP contribution >= 0.6 is 11.3 Å². The lowest BCUT2D eigenvalue weighted by Gasteiger charge is -2.09. The maximum Gasteiger partial charge on any atom is 0.187 e. The maximum absolute atomic E-state index is 5.75. The standard InChI is InChI=1S/C25H24N6S/c1-17-4-5-19(9-6-18-7-10-20(11-8-18)15-31(2)3)14-21(17)28-25-29-22(16-32-25)24-27-13-12-23(26)30-24/h4-5,7-8,10-14,16H,15H2,1-3H3,(H,28,29)(H2,26,27,30). The SMILES string of the molecule is Cc1ccc(C#Cc2ccc(CN(C)C)cc2)cc1Nc1nc(-c2nccc(N)n2)cs1. The number of anilines is 3. The number of nitrogen functional groups attached to an aromatic ring is 1. The largest absolute Gasteiger partial charge is 0.384 e. The van der Waals surface area contributed by atoms with E-state index in [1.54, 1.807) is 12.3 Å². The van der Waals surface area contributed by atoms with Gasteiger partial charge in [0.25, 0.3) is 0 Å². The van der Waals surface area contributed by atoms with E-state index in [2.05, 4.69) is 88.4 Å². The smallest absolute Gasteiger partial charge is 0.187 e. The number of nitrogens with zero attached hydrogens (tertiary/aromatic N) is 4. The molecular formula is C25H24N6S. The molecule has 0 aliphatic rings. The third kappa shape index (κ3) is 5.49. The van der Waals surface area contributed by atoms with Crippen LogP contribution in [0, 0.1) is 18.8 Å². The Hall–Kier alpha value is -3.73. The van der Waals surface area contributed by atoms with E-state index in [1.165, 1.54) is 16.9 Å². The van der Waals surface area contributed by atoms with Gasteiger partial charge >= 0.3 is 0 Å². The molecule has 6 nitrogen and oxygen atoms in total. The van der Waals surface area contributed by atoms with Crippen LogP contribution in [-0.4, -0.2) is 33.9 Å². The van der Waals surface area contributed by atoms with Gasteiger partial charge in [-0.05, 0) is 62.5 Å². The lowest BCUT2D eigenvalue weighted by molar-refractivity contribution is 0.402. The summed E-state index contributed by atoms with van der Waals surface area (Å²) >= 11 is 1.49. The molecule has 4 rings (SSSR count). The normalized spacial score (nSPS) is 10.6. The van der Waals surface area contributed by atoms with Gasteiger partial charge in [-0.3, -0.25) is 0 Å². The molecule has 4 aromatic rings. The molecule has 0 unspecified atom stereocenters. The van der Waals surface area contributed by atoms with E-state index >= 15 is 0 Å². The lowest BCUT2D eigenvalue weighted by Crippen LogP contribution is -2.10. The molecule has 0 fully saturated rings. The van der Waals surface area contributed by atoms with Crippen molar-refractivity contribution in [1.29, 1.82) is 0 Å². The fraction of sp³-hybridized carbons (Fsp3) is 0.160. The molecule has 0 atom stereocenters. The summed E-state index contributed by atoms with van der Waals surface area (Å²) in [5.41, 5.74) is 11.7. The molecule has 0 aliphatic heterocycles. The Balaban J connectivity index is 1.50. The first-order chi connectivity index (χ1) is 15.5. The highest BCUT2D eigenvalue weighted by Gasteiger charge is 2.09. The average molecular weight is 441 g/mol. The van der Waals surface area contributed by atoms with Gasteiger partial charge in [0.2, 0.25) is 0 Å². The summed E-state index contributed by atoms with van der Waals surface area (Å²) in [5.74, 6) is 7.45. The number of benzene rings is 2. The van der Waals surface area contributed by atoms with Gasteiger partial charge in [-0.1, -0.05) is 30.0 Å². The van der Waals surface area contributed by atoms with Gasteiger partial charge in [-0.25, -0.2) is 15.0 Å². The topological polar surface area (TPSA) is 80.0 Å². The minimum absolute atomic E-state index is 0.423. The van der Waals surface area contributed by atoms with Crippen LogP contribution in [0.25, 0.3) is 11.5 Å². The van der Waals surface area contributed by atoms with E-state index in [-0.39, 0.29) is 0 Å². The molecule has 0 spiro atoms. The van der Waals surface area contributed by atoms with Crippen molar-refractivity contribution in [3.63, 3.8) is 0 Å². The Morgan fingerprint density at radius 2 is 1.75 bits per heavy atom. The third-order valence-electron chi connectivity index (χ3n) is 4.69. The Kier molecular flexibility index (Phi) is 6.45. The van der Waals surface area contributed by atoms with Gasteiger partial charge in [-0.2, -0.15) is 0 Å². The van der Waals surface area contributed by atoms with Gasteiger partial charge in [0.1, 0.15) is 11.5 Å². The number of rotatable bonds is 5. The number of aromatic nitrogens is 3. The molecule has 0 aliphatic carbocycles. The first-order valence-electron chi connectivity index (χ1n) is 10.1. The second kappa shape index (κ2) is 9.60. The van der Waals surface area contributed by atoms with E-state index < -0.39 is 0 Å². The third-order valence-corrected chi connectivity index (χ3v) is 5.45. The molecule has 0 radical (unpaired) electrons. The number of nitrogens with one attached hydrogen (secondary N) is 1. The van der Waals surface area contributed by atoms with Crippen LogP contribution < -0.4 is 11.1 Å². The van der Waals surface area contributed by atoms with Crippen LogP contribution in [0.4, 0.5) is 16.6 Å². The zero-order chi connectivity index (χ0) is 22.5. The summed E-state index contributed by atoms with van der Waals surface area (Å²) in [6.07, 6.45) is 1.63. The second-order valence-electron chi connectivity index (χ2n) is 7.68. The van der Waals surface area contributed by atoms with Gasteiger partial charge in [0.15, 0.2) is 11.0 Å². The Morgan fingerprint density at radius 3 is 2.50 bits per heavy atom. The molecule has 2 aromatic carbocycles. The van der Waals surface area contributed by atoms with Crippen molar-refractivity contribution >= 4 is 28.0 Å². The molecule has 160 valence electrons. The first kappa shape index (κ1) is 21.5. The summed E-state index contributed by atoms with van der Waals surface area (Å²) in [6, 6.07) is 16.2. The summed E-state index contributed by atoms with van der Waals surface area (Å²) in [5, 5.41) is 6.06. The summed E-state index contributed by atoms with van der Waals surface area (Å²) in [4.78, 5) is 15.2. The summed E-state index contributed by atoms with van der Waals surface area (Å²) in [6.45, 7) is 2.97. The van der Waals surface area contributed by atoms with Crippen molar-refractivity contribution in [3.05, 3.63) is 82.4 Å². The number of thiazole rings is 1. The zero-order valence-electron chi connectivity index (χ0n) is 18.3. The Bertz CT molecular complexity index is 1280. The monoisotopic (exact) mass is 440 g/mol. The first-order valence-corrected chi connectivity index (χ1v) is 11.0. The molecule has 0 saturated carbocycles. The average Bonchev–Trinajstić information content (AvgIpc) is 3.23. The zero-order valence-corrected chi connectivity index (χ0v) is 19.1. The van der Waals surface area contributed by atoms with Gasteiger partial charge in [0.05, 0.1) is 0 Å². The van der Waals surface area contributed by atoms with Crippen LogP contribution in [0.2, 0.25) is 0 Å². The van der Waals surface area contributed by atoms with Crippen LogP contribution in [0.5, 0.6) is 0 Å². The molecule has 0 amide bonds.